The number of aromatic nitrogens is 2. The zero-order valence-corrected chi connectivity index (χ0v) is 11.8. The van der Waals surface area contributed by atoms with Crippen LogP contribution in [-0.2, 0) is 6.54 Å². The average molecular weight is 252 g/mol. The van der Waals surface area contributed by atoms with Crippen LogP contribution in [0.15, 0.2) is 17.2 Å². The van der Waals surface area contributed by atoms with Gasteiger partial charge in [0.1, 0.15) is 0 Å². The van der Waals surface area contributed by atoms with Crippen molar-refractivity contribution in [3.05, 3.63) is 22.7 Å². The molecule has 0 aliphatic heterocycles. The number of rotatable bonds is 7. The van der Waals surface area contributed by atoms with Gasteiger partial charge in [0, 0.05) is 38.1 Å². The molecule has 18 heavy (non-hydrogen) atoms. The molecule has 0 radical (unpaired) electrons. The van der Waals surface area contributed by atoms with E-state index < -0.39 is 0 Å². The smallest absolute Gasteiger partial charge is 0.293 e. The number of aryl methyl sites for hydroxylation is 1. The summed E-state index contributed by atoms with van der Waals surface area (Å²) in [6, 6.07) is 0.558. The lowest BCUT2D eigenvalue weighted by Crippen LogP contribution is -2.34. The van der Waals surface area contributed by atoms with Gasteiger partial charge in [-0.15, -0.1) is 0 Å². The molecule has 0 amide bonds. The highest BCUT2D eigenvalue weighted by Gasteiger charge is 2.07. The van der Waals surface area contributed by atoms with Gasteiger partial charge in [0.05, 0.1) is 0 Å². The Morgan fingerprint density at radius 1 is 1.50 bits per heavy atom. The third-order valence-corrected chi connectivity index (χ3v) is 3.35. The van der Waals surface area contributed by atoms with Crippen LogP contribution < -0.4 is 10.9 Å². The van der Waals surface area contributed by atoms with E-state index in [0.29, 0.717) is 18.4 Å². The topological polar surface area (TPSA) is 50.2 Å². The van der Waals surface area contributed by atoms with Crippen molar-refractivity contribution >= 4 is 5.82 Å². The van der Waals surface area contributed by atoms with E-state index in [2.05, 4.69) is 36.1 Å². The molecular formula is C13H24N4O. The second-order valence-electron chi connectivity index (χ2n) is 4.53. The Labute approximate surface area is 109 Å². The van der Waals surface area contributed by atoms with Crippen LogP contribution in [0, 0.1) is 0 Å². The van der Waals surface area contributed by atoms with Gasteiger partial charge >= 0.3 is 0 Å². The van der Waals surface area contributed by atoms with Crippen molar-refractivity contribution in [1.29, 1.82) is 0 Å². The summed E-state index contributed by atoms with van der Waals surface area (Å²) in [6.07, 6.45) is 4.49. The van der Waals surface area contributed by atoms with Gasteiger partial charge in [-0.25, -0.2) is 4.98 Å². The van der Waals surface area contributed by atoms with Crippen molar-refractivity contribution < 1.29 is 0 Å². The molecule has 1 aromatic rings. The number of hydrogen-bond acceptors (Lipinski definition) is 4. The predicted molar refractivity (Wildman–Crippen MR) is 75.0 cm³/mol. The molecule has 0 spiro atoms. The van der Waals surface area contributed by atoms with Crippen LogP contribution >= 0.6 is 0 Å². The van der Waals surface area contributed by atoms with Crippen molar-refractivity contribution in [1.82, 2.24) is 14.5 Å². The van der Waals surface area contributed by atoms with E-state index in [0.717, 1.165) is 19.5 Å². The van der Waals surface area contributed by atoms with E-state index in [-0.39, 0.29) is 5.56 Å². The maximum atomic E-state index is 11.9. The number of likely N-dealkylation sites (N-methyl/N-ethyl adjacent to an activating group) is 1. The molecule has 0 aromatic carbocycles. The summed E-state index contributed by atoms with van der Waals surface area (Å²) in [5.41, 5.74) is -0.0498. The highest BCUT2D eigenvalue weighted by atomic mass is 16.1. The monoisotopic (exact) mass is 252 g/mol. The van der Waals surface area contributed by atoms with E-state index in [1.54, 1.807) is 17.0 Å². The molecule has 1 atom stereocenters. The van der Waals surface area contributed by atoms with Crippen molar-refractivity contribution in [3.8, 4) is 0 Å². The Morgan fingerprint density at radius 2 is 2.22 bits per heavy atom. The normalized spacial score (nSPS) is 12.7. The molecule has 1 heterocycles. The fraction of sp³-hybridized carbons (Fsp3) is 0.692. The SMILES string of the molecule is CCC(C)N(C)CCNc1nccn(CC)c1=O. The third-order valence-electron chi connectivity index (χ3n) is 3.35. The van der Waals surface area contributed by atoms with Gasteiger partial charge < -0.3 is 14.8 Å². The first-order chi connectivity index (χ1) is 8.60. The van der Waals surface area contributed by atoms with Gasteiger partial charge in [0.25, 0.3) is 5.56 Å². The Balaban J connectivity index is 2.52. The largest absolute Gasteiger partial charge is 0.364 e. The van der Waals surface area contributed by atoms with Gasteiger partial charge in [-0.2, -0.15) is 0 Å². The van der Waals surface area contributed by atoms with Crippen LogP contribution in [0.25, 0.3) is 0 Å². The summed E-state index contributed by atoms with van der Waals surface area (Å²) in [5, 5.41) is 3.11. The first-order valence-electron chi connectivity index (χ1n) is 6.59. The summed E-state index contributed by atoms with van der Waals surface area (Å²) < 4.78 is 1.65. The Kier molecular flexibility index (Phi) is 5.85. The number of nitrogens with zero attached hydrogens (tertiary/aromatic N) is 3. The summed E-state index contributed by atoms with van der Waals surface area (Å²) in [5.74, 6) is 0.442. The molecule has 0 saturated carbocycles. The minimum absolute atomic E-state index is 0.0498. The molecule has 0 saturated heterocycles. The fourth-order valence-electron chi connectivity index (χ4n) is 1.70. The van der Waals surface area contributed by atoms with Gasteiger partial charge in [-0.3, -0.25) is 4.79 Å². The zero-order chi connectivity index (χ0) is 13.5. The predicted octanol–water partition coefficient (Wildman–Crippen LogP) is 1.41. The zero-order valence-electron chi connectivity index (χ0n) is 11.8. The third kappa shape index (κ3) is 3.84. The lowest BCUT2D eigenvalue weighted by molar-refractivity contribution is 0.261. The molecule has 0 aliphatic rings. The van der Waals surface area contributed by atoms with Gasteiger partial charge in [-0.05, 0) is 27.3 Å². The summed E-state index contributed by atoms with van der Waals surface area (Å²) in [6.45, 7) is 8.62. The standard InChI is InChI=1S/C13H24N4O/c1-5-11(3)16(4)9-7-14-12-13(18)17(6-2)10-8-15-12/h8,10-11H,5-7,9H2,1-4H3,(H,14,15). The fourth-order valence-corrected chi connectivity index (χ4v) is 1.70. The second kappa shape index (κ2) is 7.16. The molecule has 102 valence electrons. The average Bonchev–Trinajstić information content (AvgIpc) is 2.39. The number of hydrogen-bond donors (Lipinski definition) is 1. The summed E-state index contributed by atoms with van der Waals surface area (Å²) in [7, 11) is 2.10. The highest BCUT2D eigenvalue weighted by Crippen LogP contribution is 1.99. The van der Waals surface area contributed by atoms with Gasteiger partial charge in [0.2, 0.25) is 0 Å². The van der Waals surface area contributed by atoms with Gasteiger partial charge in [-0.1, -0.05) is 6.92 Å². The van der Waals surface area contributed by atoms with Crippen molar-refractivity contribution in [2.24, 2.45) is 0 Å². The van der Waals surface area contributed by atoms with Crippen molar-refractivity contribution in [2.45, 2.75) is 39.8 Å². The molecule has 5 nitrogen and oxygen atoms in total. The quantitative estimate of drug-likeness (QED) is 0.797. The van der Waals surface area contributed by atoms with Crippen LogP contribution in [0.1, 0.15) is 27.2 Å². The first kappa shape index (κ1) is 14.7. The molecule has 1 N–H and O–H groups in total. The molecule has 0 aliphatic carbocycles. The van der Waals surface area contributed by atoms with Crippen LogP contribution in [0.5, 0.6) is 0 Å². The lowest BCUT2D eigenvalue weighted by atomic mass is 10.2. The van der Waals surface area contributed by atoms with E-state index >= 15 is 0 Å². The second-order valence-corrected chi connectivity index (χ2v) is 4.53. The van der Waals surface area contributed by atoms with Crippen LogP contribution in [0.2, 0.25) is 0 Å². The minimum Gasteiger partial charge on any atom is -0.364 e. The molecule has 5 heteroatoms. The molecule has 0 bridgehead atoms. The Bertz CT molecular complexity index is 416. The van der Waals surface area contributed by atoms with E-state index in [9.17, 15) is 4.79 Å². The van der Waals surface area contributed by atoms with E-state index in [1.807, 2.05) is 6.92 Å². The molecular weight excluding hydrogens is 228 g/mol. The maximum Gasteiger partial charge on any atom is 0.293 e. The highest BCUT2D eigenvalue weighted by molar-refractivity contribution is 5.30. The lowest BCUT2D eigenvalue weighted by Gasteiger charge is -2.23. The molecule has 1 unspecified atom stereocenters. The number of nitrogens with one attached hydrogen (secondary N) is 1. The Morgan fingerprint density at radius 3 is 2.83 bits per heavy atom. The maximum absolute atomic E-state index is 11.9. The first-order valence-corrected chi connectivity index (χ1v) is 6.59. The number of anilines is 1. The van der Waals surface area contributed by atoms with Crippen LogP contribution in [-0.4, -0.2) is 40.6 Å². The minimum atomic E-state index is -0.0498. The summed E-state index contributed by atoms with van der Waals surface area (Å²) >= 11 is 0. The van der Waals surface area contributed by atoms with Crippen molar-refractivity contribution in [2.75, 3.05) is 25.5 Å². The molecule has 1 rings (SSSR count). The van der Waals surface area contributed by atoms with Crippen LogP contribution in [0.4, 0.5) is 5.82 Å². The molecule has 0 fully saturated rings. The van der Waals surface area contributed by atoms with E-state index in [4.69, 9.17) is 0 Å². The summed E-state index contributed by atoms with van der Waals surface area (Å²) in [4.78, 5) is 18.2. The van der Waals surface area contributed by atoms with Gasteiger partial charge in [0.15, 0.2) is 5.82 Å². The molecule has 1 aromatic heterocycles. The van der Waals surface area contributed by atoms with Crippen LogP contribution in [0.3, 0.4) is 0 Å². The Hall–Kier alpha value is -1.36. The van der Waals surface area contributed by atoms with Crippen molar-refractivity contribution in [3.63, 3.8) is 0 Å². The van der Waals surface area contributed by atoms with E-state index in [1.165, 1.54) is 0 Å².